The van der Waals surface area contributed by atoms with Crippen LogP contribution in [0.15, 0.2) is 18.2 Å². The van der Waals surface area contributed by atoms with Crippen molar-refractivity contribution in [3.63, 3.8) is 0 Å². The van der Waals surface area contributed by atoms with Crippen LogP contribution in [0.3, 0.4) is 0 Å². The van der Waals surface area contributed by atoms with Crippen molar-refractivity contribution < 1.29 is 19.8 Å². The van der Waals surface area contributed by atoms with E-state index >= 15 is 0 Å². The first-order chi connectivity index (χ1) is 8.92. The normalized spacial score (nSPS) is 17.1. The fourth-order valence-corrected chi connectivity index (χ4v) is 2.45. The molecule has 5 nitrogen and oxygen atoms in total. The molecule has 0 saturated heterocycles. The number of anilines is 1. The highest BCUT2D eigenvalue weighted by atomic mass is 16.4. The lowest BCUT2D eigenvalue weighted by Gasteiger charge is -2.22. The Hall–Kier alpha value is -2.04. The molecule has 0 unspecified atom stereocenters. The minimum absolute atomic E-state index is 0.0907. The van der Waals surface area contributed by atoms with Gasteiger partial charge >= 0.3 is 5.97 Å². The zero-order valence-corrected chi connectivity index (χ0v) is 10.8. The van der Waals surface area contributed by atoms with Crippen LogP contribution in [0, 0.1) is 5.41 Å². The molecule has 0 radical (unpaired) electrons. The summed E-state index contributed by atoms with van der Waals surface area (Å²) >= 11 is 0. The van der Waals surface area contributed by atoms with Crippen molar-refractivity contribution in [2.75, 3.05) is 5.32 Å². The average molecular weight is 263 g/mol. The molecule has 0 atom stereocenters. The molecule has 19 heavy (non-hydrogen) atoms. The topological polar surface area (TPSA) is 86.6 Å². The van der Waals surface area contributed by atoms with Gasteiger partial charge in [0, 0.05) is 11.1 Å². The Labute approximate surface area is 111 Å². The molecule has 0 spiro atoms. The molecular formula is C14H17NO4. The predicted molar refractivity (Wildman–Crippen MR) is 70.3 cm³/mol. The van der Waals surface area contributed by atoms with Crippen molar-refractivity contribution in [2.24, 2.45) is 5.41 Å². The van der Waals surface area contributed by atoms with Crippen molar-refractivity contribution in [3.05, 3.63) is 23.8 Å². The Kier molecular flexibility index (Phi) is 3.46. The average Bonchev–Trinajstić information content (AvgIpc) is 2.79. The van der Waals surface area contributed by atoms with E-state index in [4.69, 9.17) is 5.11 Å². The first-order valence-electron chi connectivity index (χ1n) is 6.30. The Morgan fingerprint density at radius 2 is 1.89 bits per heavy atom. The lowest BCUT2D eigenvalue weighted by molar-refractivity contribution is -0.124. The Bertz CT molecular complexity index is 518. The molecule has 1 aromatic rings. The first-order valence-corrected chi connectivity index (χ1v) is 6.30. The van der Waals surface area contributed by atoms with E-state index in [1.54, 1.807) is 0 Å². The second-order valence-electron chi connectivity index (χ2n) is 5.26. The molecule has 0 heterocycles. The zero-order valence-electron chi connectivity index (χ0n) is 10.8. The number of hydrogen-bond acceptors (Lipinski definition) is 3. The van der Waals surface area contributed by atoms with Crippen LogP contribution >= 0.6 is 0 Å². The summed E-state index contributed by atoms with van der Waals surface area (Å²) in [6.07, 6.45) is 3.78. The van der Waals surface area contributed by atoms with E-state index < -0.39 is 5.97 Å². The van der Waals surface area contributed by atoms with Crippen LogP contribution in [0.25, 0.3) is 0 Å². The largest absolute Gasteiger partial charge is 0.507 e. The molecule has 1 amide bonds. The van der Waals surface area contributed by atoms with Crippen molar-refractivity contribution in [1.29, 1.82) is 0 Å². The Morgan fingerprint density at radius 1 is 1.26 bits per heavy atom. The second kappa shape index (κ2) is 4.91. The maximum atomic E-state index is 12.2. The van der Waals surface area contributed by atoms with E-state index in [1.165, 1.54) is 18.2 Å². The second-order valence-corrected chi connectivity index (χ2v) is 5.26. The predicted octanol–water partition coefficient (Wildman–Crippen LogP) is 2.61. The summed E-state index contributed by atoms with van der Waals surface area (Å²) in [5.74, 6) is -1.62. The van der Waals surface area contributed by atoms with Gasteiger partial charge < -0.3 is 15.5 Å². The quantitative estimate of drug-likeness (QED) is 0.731. The van der Waals surface area contributed by atoms with Crippen molar-refractivity contribution in [1.82, 2.24) is 0 Å². The van der Waals surface area contributed by atoms with Crippen LogP contribution in [-0.4, -0.2) is 22.1 Å². The summed E-state index contributed by atoms with van der Waals surface area (Å²) in [7, 11) is 0. The van der Waals surface area contributed by atoms with Gasteiger partial charge in [0.1, 0.15) is 11.3 Å². The van der Waals surface area contributed by atoms with Gasteiger partial charge in [0.2, 0.25) is 5.91 Å². The molecule has 1 aliphatic carbocycles. The van der Waals surface area contributed by atoms with Crippen LogP contribution < -0.4 is 5.32 Å². The molecule has 0 aromatic heterocycles. The number of aromatic hydroxyl groups is 1. The van der Waals surface area contributed by atoms with E-state index in [0.29, 0.717) is 5.69 Å². The van der Waals surface area contributed by atoms with Crippen LogP contribution in [0.1, 0.15) is 43.0 Å². The first kappa shape index (κ1) is 13.4. The highest BCUT2D eigenvalue weighted by Crippen LogP contribution is 2.38. The summed E-state index contributed by atoms with van der Waals surface area (Å²) in [5, 5.41) is 21.1. The van der Waals surface area contributed by atoms with E-state index in [1.807, 2.05) is 6.92 Å². The fourth-order valence-electron chi connectivity index (χ4n) is 2.45. The van der Waals surface area contributed by atoms with Gasteiger partial charge in [-0.1, -0.05) is 19.8 Å². The third kappa shape index (κ3) is 2.70. The number of nitrogens with one attached hydrogen (secondary N) is 1. The van der Waals surface area contributed by atoms with Crippen LogP contribution in [-0.2, 0) is 4.79 Å². The number of carboxylic acids is 1. The number of rotatable bonds is 3. The number of carbonyl (C=O) groups is 2. The lowest BCUT2D eigenvalue weighted by atomic mass is 9.88. The molecule has 2 rings (SSSR count). The van der Waals surface area contributed by atoms with Gasteiger partial charge in [0.15, 0.2) is 0 Å². The van der Waals surface area contributed by atoms with E-state index in [-0.39, 0.29) is 22.6 Å². The maximum absolute atomic E-state index is 12.2. The van der Waals surface area contributed by atoms with Crippen molar-refractivity contribution in [2.45, 2.75) is 32.6 Å². The van der Waals surface area contributed by atoms with Gasteiger partial charge in [0.05, 0.1) is 0 Å². The summed E-state index contributed by atoms with van der Waals surface area (Å²) < 4.78 is 0. The smallest absolute Gasteiger partial charge is 0.339 e. The number of hydrogen-bond donors (Lipinski definition) is 3. The minimum Gasteiger partial charge on any atom is -0.507 e. The van der Waals surface area contributed by atoms with Gasteiger partial charge in [-0.3, -0.25) is 4.79 Å². The molecule has 1 aromatic carbocycles. The Morgan fingerprint density at radius 3 is 2.47 bits per heavy atom. The standard InChI is InChI=1S/C14H17NO4/c1-14(6-2-3-7-14)13(19)15-9-4-5-11(16)10(8-9)12(17)18/h4-5,8,16H,2-3,6-7H2,1H3,(H,15,19)(H,17,18). The third-order valence-corrected chi connectivity index (χ3v) is 3.74. The van der Waals surface area contributed by atoms with Gasteiger partial charge in [-0.15, -0.1) is 0 Å². The van der Waals surface area contributed by atoms with Gasteiger partial charge in [-0.25, -0.2) is 4.79 Å². The summed E-state index contributed by atoms with van der Waals surface area (Å²) in [6.45, 7) is 1.92. The third-order valence-electron chi connectivity index (χ3n) is 3.74. The summed E-state index contributed by atoms with van der Waals surface area (Å²) in [4.78, 5) is 23.1. The number of phenols is 1. The maximum Gasteiger partial charge on any atom is 0.339 e. The molecule has 3 N–H and O–H groups in total. The molecule has 5 heteroatoms. The van der Waals surface area contributed by atoms with Crippen LogP contribution in [0.4, 0.5) is 5.69 Å². The molecule has 0 bridgehead atoms. The van der Waals surface area contributed by atoms with E-state index in [9.17, 15) is 14.7 Å². The molecule has 0 aliphatic heterocycles. The SMILES string of the molecule is CC1(C(=O)Nc2ccc(O)c(C(=O)O)c2)CCCC1. The lowest BCUT2D eigenvalue weighted by Crippen LogP contribution is -2.30. The molecule has 1 aliphatic rings. The van der Waals surface area contributed by atoms with Crippen LogP contribution in [0.5, 0.6) is 5.75 Å². The highest BCUT2D eigenvalue weighted by Gasteiger charge is 2.36. The molecule has 102 valence electrons. The molecule has 1 fully saturated rings. The van der Waals surface area contributed by atoms with Crippen molar-refractivity contribution in [3.8, 4) is 5.75 Å². The fraction of sp³-hybridized carbons (Fsp3) is 0.429. The monoisotopic (exact) mass is 263 g/mol. The number of carbonyl (C=O) groups excluding carboxylic acids is 1. The summed E-state index contributed by atoms with van der Waals surface area (Å²) in [6, 6.07) is 4.04. The number of aromatic carboxylic acids is 1. The summed E-state index contributed by atoms with van der Waals surface area (Å²) in [5.41, 5.74) is -0.191. The van der Waals surface area contributed by atoms with Gasteiger partial charge in [-0.2, -0.15) is 0 Å². The van der Waals surface area contributed by atoms with E-state index in [0.717, 1.165) is 25.7 Å². The van der Waals surface area contributed by atoms with Crippen LogP contribution in [0.2, 0.25) is 0 Å². The van der Waals surface area contributed by atoms with Gasteiger partial charge in [0.25, 0.3) is 0 Å². The van der Waals surface area contributed by atoms with Gasteiger partial charge in [-0.05, 0) is 31.0 Å². The highest BCUT2D eigenvalue weighted by molar-refractivity contribution is 5.97. The number of benzene rings is 1. The molecular weight excluding hydrogens is 246 g/mol. The molecule has 1 saturated carbocycles. The minimum atomic E-state index is -1.22. The van der Waals surface area contributed by atoms with Crippen molar-refractivity contribution >= 4 is 17.6 Å². The zero-order chi connectivity index (χ0) is 14.0. The van der Waals surface area contributed by atoms with E-state index in [2.05, 4.69) is 5.32 Å². The number of amides is 1. The Balaban J connectivity index is 2.17. The number of carboxylic acid groups (broad SMARTS) is 1.